The van der Waals surface area contributed by atoms with Crippen molar-refractivity contribution in [3.63, 3.8) is 0 Å². The molecule has 1 unspecified atom stereocenters. The molecule has 0 aliphatic rings. The minimum Gasteiger partial charge on any atom is -0.358 e. The van der Waals surface area contributed by atoms with Gasteiger partial charge in [-0.3, -0.25) is 15.1 Å². The molecular weight excluding hydrogens is 270 g/mol. The first kappa shape index (κ1) is 13.2. The summed E-state index contributed by atoms with van der Waals surface area (Å²) < 4.78 is 0. The van der Waals surface area contributed by atoms with Crippen molar-refractivity contribution in [3.8, 4) is 0 Å². The molecule has 2 rings (SSSR count). The first-order valence-electron chi connectivity index (χ1n) is 5.41. The lowest BCUT2D eigenvalue weighted by molar-refractivity contribution is -0.384. The molecule has 8 heteroatoms. The second-order valence-electron chi connectivity index (χ2n) is 3.77. The summed E-state index contributed by atoms with van der Waals surface area (Å²) in [5, 5.41) is 13.7. The summed E-state index contributed by atoms with van der Waals surface area (Å²) in [4.78, 5) is 21.8. The van der Waals surface area contributed by atoms with E-state index in [9.17, 15) is 10.1 Å². The Hall–Kier alpha value is -2.28. The van der Waals surface area contributed by atoms with Crippen LogP contribution in [0.25, 0.3) is 0 Å². The van der Waals surface area contributed by atoms with Crippen LogP contribution in [0.3, 0.4) is 0 Å². The topological polar surface area (TPSA) is 93.8 Å². The molecule has 0 aliphatic carbocycles. The molecule has 0 fully saturated rings. The lowest BCUT2D eigenvalue weighted by Gasteiger charge is -2.14. The fourth-order valence-electron chi connectivity index (χ4n) is 1.55. The Kier molecular flexibility index (Phi) is 3.86. The molecule has 98 valence electrons. The van der Waals surface area contributed by atoms with Crippen molar-refractivity contribution in [2.24, 2.45) is 0 Å². The number of nitrogens with zero attached hydrogens (tertiary/aromatic N) is 4. The van der Waals surface area contributed by atoms with Crippen LogP contribution in [-0.4, -0.2) is 19.9 Å². The highest BCUT2D eigenvalue weighted by molar-refractivity contribution is 6.31. The smallest absolute Gasteiger partial charge is 0.348 e. The molecule has 0 saturated carbocycles. The van der Waals surface area contributed by atoms with Gasteiger partial charge >= 0.3 is 5.69 Å². The second-order valence-corrected chi connectivity index (χ2v) is 4.13. The number of hydrogen-bond acceptors (Lipinski definition) is 6. The van der Waals surface area contributed by atoms with E-state index in [4.69, 9.17) is 11.6 Å². The SMILES string of the molecule is CC(Nc1ncnc(Cl)c1[N+](=O)[O-])c1cccnc1. The average molecular weight is 280 g/mol. The highest BCUT2D eigenvalue weighted by atomic mass is 35.5. The van der Waals surface area contributed by atoms with E-state index in [1.807, 2.05) is 13.0 Å². The number of nitrogens with one attached hydrogen (secondary N) is 1. The molecule has 0 amide bonds. The largest absolute Gasteiger partial charge is 0.358 e. The van der Waals surface area contributed by atoms with Gasteiger partial charge in [0.15, 0.2) is 0 Å². The highest BCUT2D eigenvalue weighted by Crippen LogP contribution is 2.30. The average Bonchev–Trinajstić information content (AvgIpc) is 2.39. The summed E-state index contributed by atoms with van der Waals surface area (Å²) in [6.45, 7) is 1.84. The lowest BCUT2D eigenvalue weighted by Crippen LogP contribution is -2.10. The maximum absolute atomic E-state index is 10.9. The van der Waals surface area contributed by atoms with Gasteiger partial charge in [-0.2, -0.15) is 0 Å². The number of anilines is 1. The van der Waals surface area contributed by atoms with Crippen LogP contribution in [0.4, 0.5) is 11.5 Å². The van der Waals surface area contributed by atoms with Crippen molar-refractivity contribution in [2.45, 2.75) is 13.0 Å². The van der Waals surface area contributed by atoms with Crippen LogP contribution in [0.1, 0.15) is 18.5 Å². The van der Waals surface area contributed by atoms with Gasteiger partial charge in [-0.15, -0.1) is 0 Å². The molecule has 0 saturated heterocycles. The summed E-state index contributed by atoms with van der Waals surface area (Å²) in [5.41, 5.74) is 0.548. The van der Waals surface area contributed by atoms with Gasteiger partial charge in [0.25, 0.3) is 0 Å². The Bertz CT molecular complexity index is 593. The van der Waals surface area contributed by atoms with Crippen molar-refractivity contribution >= 4 is 23.1 Å². The monoisotopic (exact) mass is 279 g/mol. The van der Waals surface area contributed by atoms with Gasteiger partial charge in [0.2, 0.25) is 11.0 Å². The van der Waals surface area contributed by atoms with Gasteiger partial charge < -0.3 is 5.32 Å². The van der Waals surface area contributed by atoms with Crippen LogP contribution in [0.5, 0.6) is 0 Å². The zero-order chi connectivity index (χ0) is 13.8. The third-order valence-corrected chi connectivity index (χ3v) is 2.77. The molecular formula is C11H10ClN5O2. The number of halogens is 1. The molecule has 19 heavy (non-hydrogen) atoms. The lowest BCUT2D eigenvalue weighted by atomic mass is 10.1. The first-order chi connectivity index (χ1) is 9.09. The van der Waals surface area contributed by atoms with Crippen LogP contribution < -0.4 is 5.32 Å². The standard InChI is InChI=1S/C11H10ClN5O2/c1-7(8-3-2-4-13-5-8)16-11-9(17(18)19)10(12)14-6-15-11/h2-7H,1H3,(H,14,15,16). The molecule has 1 N–H and O–H groups in total. The van der Waals surface area contributed by atoms with Crippen molar-refractivity contribution in [2.75, 3.05) is 5.32 Å². The Morgan fingerprint density at radius 1 is 1.47 bits per heavy atom. The van der Waals surface area contributed by atoms with Crippen molar-refractivity contribution in [1.29, 1.82) is 0 Å². The minimum absolute atomic E-state index is 0.0846. The molecule has 0 aromatic carbocycles. The van der Waals surface area contributed by atoms with Crippen molar-refractivity contribution in [3.05, 3.63) is 51.7 Å². The molecule has 2 heterocycles. The minimum atomic E-state index is -0.610. The van der Waals surface area contributed by atoms with E-state index < -0.39 is 4.92 Å². The Morgan fingerprint density at radius 3 is 2.89 bits per heavy atom. The van der Waals surface area contributed by atoms with Gasteiger partial charge in [0.1, 0.15) is 6.33 Å². The van der Waals surface area contributed by atoms with E-state index >= 15 is 0 Å². The third-order valence-electron chi connectivity index (χ3n) is 2.50. The first-order valence-corrected chi connectivity index (χ1v) is 5.78. The molecule has 1 atom stereocenters. The molecule has 0 bridgehead atoms. The Balaban J connectivity index is 2.29. The van der Waals surface area contributed by atoms with E-state index in [0.717, 1.165) is 5.56 Å². The molecule has 0 spiro atoms. The van der Waals surface area contributed by atoms with Crippen LogP contribution in [0.15, 0.2) is 30.9 Å². The second kappa shape index (κ2) is 5.57. The molecule has 0 aliphatic heterocycles. The summed E-state index contributed by atoms with van der Waals surface area (Å²) >= 11 is 5.71. The number of pyridine rings is 1. The number of rotatable bonds is 4. The van der Waals surface area contributed by atoms with E-state index in [2.05, 4.69) is 20.3 Å². The third kappa shape index (κ3) is 2.94. The van der Waals surface area contributed by atoms with Crippen LogP contribution in [-0.2, 0) is 0 Å². The van der Waals surface area contributed by atoms with Crippen LogP contribution >= 0.6 is 11.6 Å². The van der Waals surface area contributed by atoms with Crippen molar-refractivity contribution < 1.29 is 4.92 Å². The van der Waals surface area contributed by atoms with E-state index in [1.165, 1.54) is 6.33 Å². The predicted molar refractivity (Wildman–Crippen MR) is 70.0 cm³/mol. The molecule has 2 aromatic heterocycles. The summed E-state index contributed by atoms with van der Waals surface area (Å²) in [5.74, 6) is 0.0846. The number of hydrogen-bond donors (Lipinski definition) is 1. The maximum Gasteiger partial charge on any atom is 0.348 e. The fourth-order valence-corrected chi connectivity index (χ4v) is 1.75. The Labute approximate surface area is 113 Å². The quantitative estimate of drug-likeness (QED) is 0.525. The molecule has 0 radical (unpaired) electrons. The summed E-state index contributed by atoms with van der Waals surface area (Å²) in [7, 11) is 0. The van der Waals surface area contributed by atoms with E-state index in [0.29, 0.717) is 0 Å². The number of nitro groups is 1. The highest BCUT2D eigenvalue weighted by Gasteiger charge is 2.22. The van der Waals surface area contributed by atoms with Gasteiger partial charge in [-0.1, -0.05) is 17.7 Å². The summed E-state index contributed by atoms with van der Waals surface area (Å²) in [6.07, 6.45) is 4.50. The van der Waals surface area contributed by atoms with E-state index in [1.54, 1.807) is 18.5 Å². The van der Waals surface area contributed by atoms with Crippen molar-refractivity contribution in [1.82, 2.24) is 15.0 Å². The van der Waals surface area contributed by atoms with Gasteiger partial charge in [-0.25, -0.2) is 9.97 Å². The molecule has 2 aromatic rings. The van der Waals surface area contributed by atoms with E-state index in [-0.39, 0.29) is 22.7 Å². The summed E-state index contributed by atoms with van der Waals surface area (Å²) in [6, 6.07) is 3.45. The van der Waals surface area contributed by atoms with Crippen LogP contribution in [0.2, 0.25) is 5.15 Å². The maximum atomic E-state index is 10.9. The van der Waals surface area contributed by atoms with Gasteiger partial charge in [0, 0.05) is 12.4 Å². The Morgan fingerprint density at radius 2 is 2.26 bits per heavy atom. The zero-order valence-corrected chi connectivity index (χ0v) is 10.7. The van der Waals surface area contributed by atoms with Gasteiger partial charge in [0.05, 0.1) is 11.0 Å². The van der Waals surface area contributed by atoms with Crippen LogP contribution in [0, 0.1) is 10.1 Å². The zero-order valence-electron chi connectivity index (χ0n) is 9.95. The van der Waals surface area contributed by atoms with Gasteiger partial charge in [-0.05, 0) is 18.6 Å². The predicted octanol–water partition coefficient (Wildman–Crippen LogP) is 2.61. The number of aromatic nitrogens is 3. The fraction of sp³-hybridized carbons (Fsp3) is 0.182. The normalized spacial score (nSPS) is 11.9. The molecule has 7 nitrogen and oxygen atoms in total.